The largest absolute Gasteiger partial charge is 0.391 e. The third-order valence-corrected chi connectivity index (χ3v) is 5.79. The quantitative estimate of drug-likeness (QED) is 0.676. The highest BCUT2D eigenvalue weighted by Gasteiger charge is 2.47. The van der Waals surface area contributed by atoms with Crippen molar-refractivity contribution in [1.29, 1.82) is 0 Å². The molecule has 1 spiro atoms. The van der Waals surface area contributed by atoms with Crippen molar-refractivity contribution < 1.29 is 14.6 Å². The summed E-state index contributed by atoms with van der Waals surface area (Å²) in [5, 5.41) is 12.3. The zero-order valence-corrected chi connectivity index (χ0v) is 16.2. The fourth-order valence-electron chi connectivity index (χ4n) is 3.87. The van der Waals surface area contributed by atoms with Gasteiger partial charge in [-0.25, -0.2) is 9.97 Å². The second kappa shape index (κ2) is 7.66. The first-order valence-corrected chi connectivity index (χ1v) is 9.87. The van der Waals surface area contributed by atoms with Crippen LogP contribution in [0.25, 0.3) is 11.3 Å². The van der Waals surface area contributed by atoms with E-state index in [-0.39, 0.29) is 23.5 Å². The Bertz CT molecular complexity index is 895. The lowest BCUT2D eigenvalue weighted by atomic mass is 9.72. The number of aliphatic hydroxyl groups is 1. The fourth-order valence-corrected chi connectivity index (χ4v) is 4.07. The molecule has 2 aliphatic heterocycles. The number of halogens is 1. The molecule has 8 heteroatoms. The molecule has 1 aromatic heterocycles. The van der Waals surface area contributed by atoms with Crippen LogP contribution in [0.3, 0.4) is 0 Å². The van der Waals surface area contributed by atoms with Gasteiger partial charge in [-0.3, -0.25) is 4.79 Å². The predicted octanol–water partition coefficient (Wildman–Crippen LogP) is 2.66. The first-order valence-electron chi connectivity index (χ1n) is 9.50. The Morgan fingerprint density at radius 3 is 2.75 bits per heavy atom. The molecule has 2 aromatic rings. The normalized spacial score (nSPS) is 21.9. The number of aliphatic hydroxyl groups excluding tert-OH is 1. The molecule has 3 aliphatic rings. The molecule has 28 heavy (non-hydrogen) atoms. The number of nitrogens with one attached hydrogen (secondary N) is 1. The second-order valence-corrected chi connectivity index (χ2v) is 7.85. The molecule has 148 valence electrons. The minimum Gasteiger partial charge on any atom is -0.391 e. The van der Waals surface area contributed by atoms with Crippen LogP contribution in [0.5, 0.6) is 0 Å². The maximum Gasteiger partial charge on any atom is 0.252 e. The molecule has 2 fully saturated rings. The van der Waals surface area contributed by atoms with Gasteiger partial charge in [0.05, 0.1) is 35.2 Å². The van der Waals surface area contributed by atoms with Gasteiger partial charge in [0.1, 0.15) is 0 Å². The average molecular weight is 403 g/mol. The molecule has 1 aromatic carbocycles. The minimum absolute atomic E-state index is 0.00421. The van der Waals surface area contributed by atoms with Gasteiger partial charge in [0.15, 0.2) is 0 Å². The highest BCUT2D eigenvalue weighted by Crippen LogP contribution is 2.47. The Hall–Kier alpha value is -2.22. The smallest absolute Gasteiger partial charge is 0.252 e. The van der Waals surface area contributed by atoms with Gasteiger partial charge >= 0.3 is 0 Å². The molecule has 1 saturated heterocycles. The zero-order valence-electron chi connectivity index (χ0n) is 15.4. The summed E-state index contributed by atoms with van der Waals surface area (Å²) >= 11 is 6.17. The number of anilines is 1. The Balaban J connectivity index is 0.000000233. The van der Waals surface area contributed by atoms with Gasteiger partial charge in [-0.1, -0.05) is 17.7 Å². The Morgan fingerprint density at radius 1 is 1.32 bits per heavy atom. The van der Waals surface area contributed by atoms with Crippen molar-refractivity contribution in [1.82, 2.24) is 15.3 Å². The second-order valence-electron chi connectivity index (χ2n) is 7.45. The van der Waals surface area contributed by atoms with E-state index in [0.29, 0.717) is 17.3 Å². The van der Waals surface area contributed by atoms with E-state index >= 15 is 0 Å². The van der Waals surface area contributed by atoms with Crippen LogP contribution in [0.1, 0.15) is 48.0 Å². The Labute approximate surface area is 168 Å². The number of carbonyl (C=O) groups is 1. The van der Waals surface area contributed by atoms with Crippen molar-refractivity contribution in [2.45, 2.75) is 43.7 Å². The lowest BCUT2D eigenvalue weighted by Crippen LogP contribution is -2.45. The predicted molar refractivity (Wildman–Crippen MR) is 106 cm³/mol. The molecule has 1 unspecified atom stereocenters. The number of rotatable bonds is 1. The maximum atomic E-state index is 12.1. The van der Waals surface area contributed by atoms with Crippen molar-refractivity contribution in [2.24, 2.45) is 0 Å². The SMILES string of the molecule is Nc1ncc(Cl)c(-c2ccc3c(c2)C2(CCC2)NC3=O)n1.OC1CCCOC1. The van der Waals surface area contributed by atoms with Crippen molar-refractivity contribution in [3.63, 3.8) is 0 Å². The highest BCUT2D eigenvalue weighted by molar-refractivity contribution is 6.32. The van der Waals surface area contributed by atoms with Crippen LogP contribution in [-0.2, 0) is 10.3 Å². The number of hydrogen-bond acceptors (Lipinski definition) is 6. The van der Waals surface area contributed by atoms with Crippen molar-refractivity contribution in [3.05, 3.63) is 40.5 Å². The lowest BCUT2D eigenvalue weighted by molar-refractivity contribution is -0.00535. The molecule has 1 atom stereocenters. The third-order valence-electron chi connectivity index (χ3n) is 5.51. The summed E-state index contributed by atoms with van der Waals surface area (Å²) in [5.74, 6) is 0.187. The van der Waals surface area contributed by atoms with E-state index in [2.05, 4.69) is 15.3 Å². The van der Waals surface area contributed by atoms with E-state index in [1.807, 2.05) is 18.2 Å². The number of nitrogens with zero attached hydrogens (tertiary/aromatic N) is 2. The van der Waals surface area contributed by atoms with Crippen molar-refractivity contribution in [3.8, 4) is 11.3 Å². The average Bonchev–Trinajstić information content (AvgIpc) is 2.97. The number of benzene rings is 1. The molecule has 3 heterocycles. The van der Waals surface area contributed by atoms with Gasteiger partial charge in [-0.15, -0.1) is 0 Å². The molecular formula is C20H23ClN4O3. The molecule has 0 radical (unpaired) electrons. The van der Waals surface area contributed by atoms with E-state index in [1.54, 1.807) is 0 Å². The minimum atomic E-state index is -0.187. The molecule has 1 amide bonds. The standard InChI is InChI=1S/C15H13ClN4O.C5H10O2/c16-11-7-18-14(17)19-12(11)8-2-3-9-10(6-8)15(4-1-5-15)20-13(9)21;6-5-2-1-3-7-4-5/h2-3,6-7H,1,4-5H2,(H,20,21)(H2,17,18,19);5-6H,1-4H2. The van der Waals surface area contributed by atoms with Crippen LogP contribution in [0.15, 0.2) is 24.4 Å². The van der Waals surface area contributed by atoms with Crippen LogP contribution in [-0.4, -0.2) is 40.3 Å². The number of aromatic nitrogens is 2. The molecule has 7 nitrogen and oxygen atoms in total. The van der Waals surface area contributed by atoms with E-state index in [0.717, 1.165) is 55.4 Å². The molecule has 1 aliphatic carbocycles. The van der Waals surface area contributed by atoms with Crippen LogP contribution in [0, 0.1) is 0 Å². The van der Waals surface area contributed by atoms with Crippen molar-refractivity contribution in [2.75, 3.05) is 18.9 Å². The first kappa shape index (κ1) is 19.1. The fraction of sp³-hybridized carbons (Fsp3) is 0.450. The Kier molecular flexibility index (Phi) is 5.23. The van der Waals surface area contributed by atoms with Crippen LogP contribution in [0.4, 0.5) is 5.95 Å². The van der Waals surface area contributed by atoms with Gasteiger partial charge in [0.25, 0.3) is 5.91 Å². The summed E-state index contributed by atoms with van der Waals surface area (Å²) < 4.78 is 4.93. The number of carbonyl (C=O) groups excluding carboxylic acids is 1. The van der Waals surface area contributed by atoms with E-state index in [1.165, 1.54) is 6.20 Å². The number of hydrogen-bond donors (Lipinski definition) is 3. The number of ether oxygens (including phenoxy) is 1. The van der Waals surface area contributed by atoms with Crippen LogP contribution >= 0.6 is 11.6 Å². The van der Waals surface area contributed by atoms with Gasteiger partial charge in [0, 0.05) is 17.7 Å². The van der Waals surface area contributed by atoms with Crippen molar-refractivity contribution >= 4 is 23.5 Å². The summed E-state index contributed by atoms with van der Waals surface area (Å²) in [4.78, 5) is 20.1. The topological polar surface area (TPSA) is 110 Å². The highest BCUT2D eigenvalue weighted by atomic mass is 35.5. The van der Waals surface area contributed by atoms with Gasteiger partial charge in [-0.2, -0.15) is 0 Å². The zero-order chi connectivity index (χ0) is 19.7. The summed E-state index contributed by atoms with van der Waals surface area (Å²) in [5.41, 5.74) is 8.70. The molecule has 0 bridgehead atoms. The monoisotopic (exact) mass is 402 g/mol. The number of nitrogens with two attached hydrogens (primary N) is 1. The van der Waals surface area contributed by atoms with Gasteiger partial charge in [0.2, 0.25) is 5.95 Å². The molecule has 4 N–H and O–H groups in total. The lowest BCUT2D eigenvalue weighted by Gasteiger charge is -2.39. The summed E-state index contributed by atoms with van der Waals surface area (Å²) in [7, 11) is 0. The Morgan fingerprint density at radius 2 is 2.14 bits per heavy atom. The summed E-state index contributed by atoms with van der Waals surface area (Å²) in [6, 6.07) is 5.69. The van der Waals surface area contributed by atoms with E-state index in [9.17, 15) is 4.79 Å². The number of amides is 1. The first-order chi connectivity index (χ1) is 13.5. The number of fused-ring (bicyclic) bond motifs is 2. The van der Waals surface area contributed by atoms with Gasteiger partial charge < -0.3 is 20.9 Å². The third kappa shape index (κ3) is 3.57. The molecule has 5 rings (SSSR count). The van der Waals surface area contributed by atoms with Crippen LogP contribution < -0.4 is 11.1 Å². The van der Waals surface area contributed by atoms with E-state index in [4.69, 9.17) is 27.2 Å². The van der Waals surface area contributed by atoms with E-state index < -0.39 is 0 Å². The van der Waals surface area contributed by atoms with Gasteiger partial charge in [-0.05, 0) is 49.8 Å². The summed E-state index contributed by atoms with van der Waals surface area (Å²) in [6.07, 6.45) is 6.33. The molecular weight excluding hydrogens is 380 g/mol. The molecule has 1 saturated carbocycles. The maximum absolute atomic E-state index is 12.1. The summed E-state index contributed by atoms with van der Waals surface area (Å²) in [6.45, 7) is 1.37. The van der Waals surface area contributed by atoms with Crippen LogP contribution in [0.2, 0.25) is 5.02 Å². The number of nitrogen functional groups attached to an aromatic ring is 1.